The van der Waals surface area contributed by atoms with E-state index >= 15 is 0 Å². The number of carbonyl (C=O) groups is 2. The molecule has 30 heavy (non-hydrogen) atoms. The summed E-state index contributed by atoms with van der Waals surface area (Å²) in [6, 6.07) is 10.9. The Labute approximate surface area is 177 Å². The van der Waals surface area contributed by atoms with Crippen LogP contribution in [0.25, 0.3) is 11.4 Å². The maximum absolute atomic E-state index is 13.0. The van der Waals surface area contributed by atoms with Gasteiger partial charge in [-0.05, 0) is 11.4 Å². The molecular weight excluding hydrogens is 406 g/mol. The third-order valence-electron chi connectivity index (χ3n) is 4.69. The summed E-state index contributed by atoms with van der Waals surface area (Å²) in [5, 5.41) is 7.78. The molecule has 1 saturated heterocycles. The molecule has 4 rings (SSSR count). The first-order chi connectivity index (χ1) is 14.7. The average molecular weight is 427 g/mol. The number of morpholine rings is 1. The van der Waals surface area contributed by atoms with Crippen LogP contribution in [-0.4, -0.2) is 53.2 Å². The van der Waals surface area contributed by atoms with Gasteiger partial charge in [-0.1, -0.05) is 35.5 Å². The van der Waals surface area contributed by atoms with Crippen LogP contribution in [0.5, 0.6) is 0 Å². The lowest BCUT2D eigenvalue weighted by Gasteiger charge is -2.30. The smallest absolute Gasteiger partial charge is 0.307 e. The zero-order chi connectivity index (χ0) is 20.8. The van der Waals surface area contributed by atoms with Gasteiger partial charge in [0.1, 0.15) is 0 Å². The summed E-state index contributed by atoms with van der Waals surface area (Å²) >= 11 is 1.54. The van der Waals surface area contributed by atoms with E-state index in [1.165, 1.54) is 0 Å². The zero-order valence-corrected chi connectivity index (χ0v) is 17.0. The Morgan fingerprint density at radius 2 is 1.97 bits per heavy atom. The summed E-state index contributed by atoms with van der Waals surface area (Å²) in [5.74, 6) is 0.101. The molecule has 8 nitrogen and oxygen atoms in total. The van der Waals surface area contributed by atoms with Crippen molar-refractivity contribution in [2.45, 2.75) is 18.9 Å². The number of aryl methyl sites for hydroxylation is 1. The second-order valence-corrected chi connectivity index (χ2v) is 7.52. The van der Waals surface area contributed by atoms with Crippen molar-refractivity contribution in [3.63, 3.8) is 0 Å². The molecule has 0 bridgehead atoms. The third kappa shape index (κ3) is 4.92. The average Bonchev–Trinajstić information content (AvgIpc) is 3.49. The highest BCUT2D eigenvalue weighted by Crippen LogP contribution is 2.23. The predicted octanol–water partition coefficient (Wildman–Crippen LogP) is 2.87. The predicted molar refractivity (Wildman–Crippen MR) is 109 cm³/mol. The van der Waals surface area contributed by atoms with Crippen molar-refractivity contribution in [3.8, 4) is 11.4 Å². The molecule has 156 valence electrons. The molecule has 1 fully saturated rings. The summed E-state index contributed by atoms with van der Waals surface area (Å²) in [5.41, 5.74) is 1.51. The van der Waals surface area contributed by atoms with Crippen LogP contribution in [0.4, 0.5) is 0 Å². The first-order valence-corrected chi connectivity index (χ1v) is 10.6. The van der Waals surface area contributed by atoms with Gasteiger partial charge in [0, 0.05) is 36.0 Å². The van der Waals surface area contributed by atoms with Crippen LogP contribution < -0.4 is 0 Å². The highest BCUT2D eigenvalue weighted by atomic mass is 32.1. The van der Waals surface area contributed by atoms with Gasteiger partial charge in [0.2, 0.25) is 17.8 Å². The van der Waals surface area contributed by atoms with E-state index in [-0.39, 0.29) is 18.7 Å². The number of ether oxygens (including phenoxy) is 2. The first-order valence-electron chi connectivity index (χ1n) is 9.67. The largest absolute Gasteiger partial charge is 0.447 e. The maximum atomic E-state index is 13.0. The number of rotatable bonds is 7. The fourth-order valence-electron chi connectivity index (χ4n) is 3.10. The molecule has 1 aliphatic heterocycles. The fraction of sp³-hybridized carbons (Fsp3) is 0.333. The van der Waals surface area contributed by atoms with Crippen LogP contribution in [0.2, 0.25) is 0 Å². The van der Waals surface area contributed by atoms with Crippen molar-refractivity contribution < 1.29 is 23.6 Å². The van der Waals surface area contributed by atoms with E-state index in [1.54, 1.807) is 28.4 Å². The number of benzene rings is 1. The molecule has 0 unspecified atom stereocenters. The number of esters is 1. The van der Waals surface area contributed by atoms with E-state index in [2.05, 4.69) is 10.1 Å². The fourth-order valence-corrected chi connectivity index (χ4v) is 3.74. The summed E-state index contributed by atoms with van der Waals surface area (Å²) in [6.45, 7) is 1.91. The first kappa shape index (κ1) is 20.2. The lowest BCUT2D eigenvalue weighted by Crippen LogP contribution is -2.44. The Balaban J connectivity index is 1.39. The molecule has 1 amide bonds. The van der Waals surface area contributed by atoms with Crippen LogP contribution in [-0.2, 0) is 25.5 Å². The molecule has 1 atom stereocenters. The number of hydrogen-bond acceptors (Lipinski definition) is 8. The molecular formula is C21H21N3O5S. The minimum atomic E-state index is -0.985. The van der Waals surface area contributed by atoms with Crippen molar-refractivity contribution in [1.29, 1.82) is 0 Å². The minimum Gasteiger partial charge on any atom is -0.447 e. The summed E-state index contributed by atoms with van der Waals surface area (Å²) in [4.78, 5) is 31.5. The van der Waals surface area contributed by atoms with Crippen LogP contribution in [0.15, 0.2) is 51.7 Å². The highest BCUT2D eigenvalue weighted by molar-refractivity contribution is 7.08. The molecule has 0 saturated carbocycles. The minimum absolute atomic E-state index is 0.0327. The van der Waals surface area contributed by atoms with Crippen LogP contribution in [0.3, 0.4) is 0 Å². The van der Waals surface area contributed by atoms with Crippen LogP contribution in [0.1, 0.15) is 24.0 Å². The maximum Gasteiger partial charge on any atom is 0.307 e. The van der Waals surface area contributed by atoms with Crippen molar-refractivity contribution in [2.75, 3.05) is 26.3 Å². The van der Waals surface area contributed by atoms with Gasteiger partial charge in [-0.25, -0.2) is 0 Å². The van der Waals surface area contributed by atoms with Gasteiger partial charge in [-0.3, -0.25) is 9.59 Å². The van der Waals surface area contributed by atoms with Crippen molar-refractivity contribution in [3.05, 3.63) is 58.6 Å². The molecule has 0 spiro atoms. The standard InChI is InChI=1S/C21H21N3O5S/c25-18(7-6-17-22-20(23-29-17)16-8-13-30-14-16)28-19(15-4-2-1-3-5-15)21(26)24-9-11-27-12-10-24/h1-5,8,13-14,19H,6-7,9-12H2/t19-/m0/s1. The number of carbonyl (C=O) groups excluding carboxylic acids is 2. The van der Waals surface area contributed by atoms with E-state index in [0.29, 0.717) is 43.6 Å². The molecule has 1 aromatic carbocycles. The molecule has 9 heteroatoms. The second-order valence-electron chi connectivity index (χ2n) is 6.74. The summed E-state index contributed by atoms with van der Waals surface area (Å²) in [6.07, 6.45) is -0.713. The van der Waals surface area contributed by atoms with Gasteiger partial charge in [-0.2, -0.15) is 16.3 Å². The number of thiophene rings is 1. The highest BCUT2D eigenvalue weighted by Gasteiger charge is 2.30. The van der Waals surface area contributed by atoms with Gasteiger partial charge in [0.25, 0.3) is 5.91 Å². The molecule has 0 aliphatic carbocycles. The molecule has 0 N–H and O–H groups in total. The lowest BCUT2D eigenvalue weighted by atomic mass is 10.1. The molecule has 1 aliphatic rings. The second kappa shape index (κ2) is 9.64. The van der Waals surface area contributed by atoms with Gasteiger partial charge >= 0.3 is 5.97 Å². The van der Waals surface area contributed by atoms with Gasteiger partial charge in [0.15, 0.2) is 0 Å². The van der Waals surface area contributed by atoms with E-state index in [0.717, 1.165) is 5.56 Å². The summed E-state index contributed by atoms with van der Waals surface area (Å²) < 4.78 is 16.1. The normalized spacial score (nSPS) is 15.0. The van der Waals surface area contributed by atoms with Gasteiger partial charge in [-0.15, -0.1) is 0 Å². The van der Waals surface area contributed by atoms with Crippen LogP contribution in [0, 0.1) is 0 Å². The van der Waals surface area contributed by atoms with Crippen molar-refractivity contribution in [2.24, 2.45) is 0 Å². The van der Waals surface area contributed by atoms with Crippen molar-refractivity contribution in [1.82, 2.24) is 15.0 Å². The molecule has 3 aromatic rings. The number of aromatic nitrogens is 2. The summed E-state index contributed by atoms with van der Waals surface area (Å²) in [7, 11) is 0. The Morgan fingerprint density at radius 3 is 2.70 bits per heavy atom. The quantitative estimate of drug-likeness (QED) is 0.535. The Kier molecular flexibility index (Phi) is 6.50. The number of amides is 1. The molecule has 2 aromatic heterocycles. The van der Waals surface area contributed by atoms with Gasteiger partial charge < -0.3 is 18.9 Å². The molecule has 0 radical (unpaired) electrons. The van der Waals surface area contributed by atoms with Crippen LogP contribution >= 0.6 is 11.3 Å². The monoisotopic (exact) mass is 427 g/mol. The number of nitrogens with zero attached hydrogens (tertiary/aromatic N) is 3. The third-order valence-corrected chi connectivity index (χ3v) is 5.37. The van der Waals surface area contributed by atoms with Crippen molar-refractivity contribution >= 4 is 23.2 Å². The topological polar surface area (TPSA) is 94.8 Å². The van der Waals surface area contributed by atoms with Gasteiger partial charge in [0.05, 0.1) is 19.6 Å². The Bertz CT molecular complexity index is 968. The van der Waals surface area contributed by atoms with E-state index in [4.69, 9.17) is 14.0 Å². The van der Waals surface area contributed by atoms with E-state index in [9.17, 15) is 9.59 Å². The van der Waals surface area contributed by atoms with E-state index in [1.807, 2.05) is 35.0 Å². The lowest BCUT2D eigenvalue weighted by molar-refractivity contribution is -0.162. The SMILES string of the molecule is O=C(CCc1nc(-c2ccsc2)no1)O[C@H](C(=O)N1CCOCC1)c1ccccc1. The number of hydrogen-bond donors (Lipinski definition) is 0. The molecule has 3 heterocycles. The Hall–Kier alpha value is -3.04. The Morgan fingerprint density at radius 1 is 1.17 bits per heavy atom. The van der Waals surface area contributed by atoms with E-state index < -0.39 is 12.1 Å². The zero-order valence-electron chi connectivity index (χ0n) is 16.2.